The molecule has 3 aromatic rings. The zero-order valence-corrected chi connectivity index (χ0v) is 12.8. The van der Waals surface area contributed by atoms with Crippen LogP contribution in [0.3, 0.4) is 0 Å². The Labute approximate surface area is 136 Å². The SMILES string of the molecule is Clc1ccc(Nc2nc(Cl)nc(NCc3ccco3)n2)cc1. The van der Waals surface area contributed by atoms with Gasteiger partial charge in [-0.15, -0.1) is 0 Å². The summed E-state index contributed by atoms with van der Waals surface area (Å²) in [5.41, 5.74) is 0.795. The number of aromatic nitrogens is 3. The second-order valence-corrected chi connectivity index (χ2v) is 5.09. The maximum absolute atomic E-state index is 5.92. The van der Waals surface area contributed by atoms with Crippen molar-refractivity contribution in [1.29, 1.82) is 0 Å². The topological polar surface area (TPSA) is 75.9 Å². The van der Waals surface area contributed by atoms with Gasteiger partial charge in [-0.1, -0.05) is 11.6 Å². The van der Waals surface area contributed by atoms with Gasteiger partial charge in [0.2, 0.25) is 17.2 Å². The van der Waals surface area contributed by atoms with E-state index in [9.17, 15) is 0 Å². The summed E-state index contributed by atoms with van der Waals surface area (Å²) >= 11 is 11.8. The fourth-order valence-corrected chi connectivity index (χ4v) is 2.01. The monoisotopic (exact) mass is 335 g/mol. The summed E-state index contributed by atoms with van der Waals surface area (Å²) in [5, 5.41) is 6.80. The molecule has 112 valence electrons. The third kappa shape index (κ3) is 3.87. The average molecular weight is 336 g/mol. The number of furan rings is 1. The van der Waals surface area contributed by atoms with Gasteiger partial charge in [0.15, 0.2) is 0 Å². The molecule has 0 amide bonds. The minimum Gasteiger partial charge on any atom is -0.467 e. The lowest BCUT2D eigenvalue weighted by molar-refractivity contribution is 0.517. The molecule has 22 heavy (non-hydrogen) atoms. The van der Waals surface area contributed by atoms with Crippen molar-refractivity contribution in [2.75, 3.05) is 10.6 Å². The van der Waals surface area contributed by atoms with Crippen LogP contribution in [0, 0.1) is 0 Å². The highest BCUT2D eigenvalue weighted by Gasteiger charge is 2.06. The van der Waals surface area contributed by atoms with Gasteiger partial charge in [0, 0.05) is 10.7 Å². The summed E-state index contributed by atoms with van der Waals surface area (Å²) in [5.74, 6) is 1.46. The van der Waals surface area contributed by atoms with Crippen LogP contribution in [-0.2, 0) is 6.54 Å². The fraction of sp³-hybridized carbons (Fsp3) is 0.0714. The molecule has 8 heteroatoms. The first-order valence-electron chi connectivity index (χ1n) is 6.39. The third-order valence-corrected chi connectivity index (χ3v) is 3.13. The van der Waals surface area contributed by atoms with Gasteiger partial charge in [-0.25, -0.2) is 0 Å². The Morgan fingerprint density at radius 3 is 2.45 bits per heavy atom. The zero-order chi connectivity index (χ0) is 15.4. The normalized spacial score (nSPS) is 10.5. The minimum atomic E-state index is 0.0911. The number of halogens is 2. The van der Waals surface area contributed by atoms with Gasteiger partial charge in [0.25, 0.3) is 0 Å². The molecule has 6 nitrogen and oxygen atoms in total. The van der Waals surface area contributed by atoms with E-state index in [1.165, 1.54) is 0 Å². The molecule has 0 aliphatic carbocycles. The Balaban J connectivity index is 1.73. The van der Waals surface area contributed by atoms with Crippen LogP contribution >= 0.6 is 23.2 Å². The second kappa shape index (κ2) is 6.64. The standard InChI is InChI=1S/C14H11Cl2N5O/c15-9-3-5-10(6-4-9)18-14-20-12(16)19-13(21-14)17-8-11-2-1-7-22-11/h1-7H,8H2,(H2,17,18,19,20,21). The molecule has 0 spiro atoms. The summed E-state index contributed by atoms with van der Waals surface area (Å²) in [7, 11) is 0. The van der Waals surface area contributed by atoms with E-state index in [0.717, 1.165) is 11.4 Å². The first-order chi connectivity index (χ1) is 10.7. The molecule has 0 radical (unpaired) electrons. The summed E-state index contributed by atoms with van der Waals surface area (Å²) in [6, 6.07) is 10.8. The van der Waals surface area contributed by atoms with E-state index in [-0.39, 0.29) is 5.28 Å². The maximum Gasteiger partial charge on any atom is 0.233 e. The quantitative estimate of drug-likeness (QED) is 0.730. The van der Waals surface area contributed by atoms with Gasteiger partial charge in [0.1, 0.15) is 5.76 Å². The van der Waals surface area contributed by atoms with Crippen molar-refractivity contribution in [2.45, 2.75) is 6.54 Å². The summed E-state index contributed by atoms with van der Waals surface area (Å²) < 4.78 is 5.23. The average Bonchev–Trinajstić information content (AvgIpc) is 3.00. The lowest BCUT2D eigenvalue weighted by atomic mass is 10.3. The number of nitrogens with zero attached hydrogens (tertiary/aromatic N) is 3. The van der Waals surface area contributed by atoms with Crippen LogP contribution in [0.25, 0.3) is 0 Å². The van der Waals surface area contributed by atoms with Gasteiger partial charge >= 0.3 is 0 Å². The number of anilines is 3. The molecule has 0 aliphatic rings. The number of hydrogen-bond acceptors (Lipinski definition) is 6. The molecule has 0 fully saturated rings. The van der Waals surface area contributed by atoms with Crippen LogP contribution in [0.1, 0.15) is 5.76 Å². The Morgan fingerprint density at radius 1 is 0.955 bits per heavy atom. The third-order valence-electron chi connectivity index (χ3n) is 2.71. The number of hydrogen-bond donors (Lipinski definition) is 2. The molecule has 0 aliphatic heterocycles. The largest absolute Gasteiger partial charge is 0.467 e. The van der Waals surface area contributed by atoms with Crippen molar-refractivity contribution in [2.24, 2.45) is 0 Å². The van der Waals surface area contributed by atoms with Gasteiger partial charge in [-0.05, 0) is 48.0 Å². The van der Waals surface area contributed by atoms with E-state index in [4.69, 9.17) is 27.6 Å². The molecule has 3 rings (SSSR count). The summed E-state index contributed by atoms with van der Waals surface area (Å²) in [4.78, 5) is 12.3. The van der Waals surface area contributed by atoms with Crippen LogP contribution in [0.2, 0.25) is 10.3 Å². The Morgan fingerprint density at radius 2 is 1.73 bits per heavy atom. The second-order valence-electron chi connectivity index (χ2n) is 4.32. The van der Waals surface area contributed by atoms with Crippen LogP contribution in [0.5, 0.6) is 0 Å². The van der Waals surface area contributed by atoms with E-state index in [1.807, 2.05) is 24.3 Å². The van der Waals surface area contributed by atoms with Gasteiger partial charge in [-0.3, -0.25) is 0 Å². The molecule has 0 bridgehead atoms. The van der Waals surface area contributed by atoms with Gasteiger partial charge in [0.05, 0.1) is 12.8 Å². The van der Waals surface area contributed by atoms with Crippen LogP contribution in [0.4, 0.5) is 17.6 Å². The molecule has 0 atom stereocenters. The number of rotatable bonds is 5. The highest BCUT2D eigenvalue weighted by molar-refractivity contribution is 6.30. The molecule has 0 unspecified atom stereocenters. The molecule has 0 saturated carbocycles. The lowest BCUT2D eigenvalue weighted by Crippen LogP contribution is -2.06. The Hall–Kier alpha value is -2.31. The predicted octanol–water partition coefficient (Wildman–Crippen LogP) is 4.13. The highest BCUT2D eigenvalue weighted by atomic mass is 35.5. The molecule has 2 heterocycles. The highest BCUT2D eigenvalue weighted by Crippen LogP contribution is 2.18. The van der Waals surface area contributed by atoms with Gasteiger partial charge < -0.3 is 15.1 Å². The van der Waals surface area contributed by atoms with Crippen molar-refractivity contribution in [3.63, 3.8) is 0 Å². The molecular weight excluding hydrogens is 325 g/mol. The number of nitrogens with one attached hydrogen (secondary N) is 2. The molecule has 1 aromatic carbocycles. The lowest BCUT2D eigenvalue weighted by Gasteiger charge is -2.07. The fourth-order valence-electron chi connectivity index (χ4n) is 1.73. The predicted molar refractivity (Wildman–Crippen MR) is 85.6 cm³/mol. The van der Waals surface area contributed by atoms with E-state index < -0.39 is 0 Å². The Bertz CT molecular complexity index is 746. The molecule has 2 aromatic heterocycles. The zero-order valence-electron chi connectivity index (χ0n) is 11.3. The van der Waals surface area contributed by atoms with E-state index in [2.05, 4.69) is 25.6 Å². The van der Waals surface area contributed by atoms with Crippen molar-refractivity contribution in [1.82, 2.24) is 15.0 Å². The van der Waals surface area contributed by atoms with Gasteiger partial charge in [-0.2, -0.15) is 15.0 Å². The smallest absolute Gasteiger partial charge is 0.233 e. The van der Waals surface area contributed by atoms with Crippen LogP contribution in [0.15, 0.2) is 47.1 Å². The molecule has 2 N–H and O–H groups in total. The van der Waals surface area contributed by atoms with E-state index in [1.54, 1.807) is 18.4 Å². The maximum atomic E-state index is 5.92. The summed E-state index contributed by atoms with van der Waals surface area (Å²) in [6.45, 7) is 0.452. The molecular formula is C14H11Cl2N5O. The van der Waals surface area contributed by atoms with E-state index in [0.29, 0.717) is 23.5 Å². The number of benzene rings is 1. The molecule has 0 saturated heterocycles. The van der Waals surface area contributed by atoms with Crippen LogP contribution in [-0.4, -0.2) is 15.0 Å². The Kier molecular flexibility index (Phi) is 4.41. The first kappa shape index (κ1) is 14.6. The van der Waals surface area contributed by atoms with Crippen molar-refractivity contribution in [3.05, 3.63) is 58.7 Å². The first-order valence-corrected chi connectivity index (χ1v) is 7.15. The van der Waals surface area contributed by atoms with Crippen molar-refractivity contribution in [3.8, 4) is 0 Å². The summed E-state index contributed by atoms with van der Waals surface area (Å²) in [6.07, 6.45) is 1.60. The van der Waals surface area contributed by atoms with Crippen LogP contribution < -0.4 is 10.6 Å². The van der Waals surface area contributed by atoms with Crippen molar-refractivity contribution < 1.29 is 4.42 Å². The van der Waals surface area contributed by atoms with E-state index >= 15 is 0 Å². The van der Waals surface area contributed by atoms with Crippen molar-refractivity contribution >= 4 is 40.8 Å². The minimum absolute atomic E-state index is 0.0911.